The molecule has 4 nitrogen and oxygen atoms in total. The number of hydrogen-bond donors (Lipinski definition) is 1. The summed E-state index contributed by atoms with van der Waals surface area (Å²) in [6, 6.07) is 15.9. The Morgan fingerprint density at radius 3 is 2.55 bits per heavy atom. The van der Waals surface area contributed by atoms with Gasteiger partial charge in [-0.2, -0.15) is 0 Å². The van der Waals surface area contributed by atoms with E-state index in [0.29, 0.717) is 11.3 Å². The predicted octanol–water partition coefficient (Wildman–Crippen LogP) is 5.96. The topological polar surface area (TPSA) is 45.2 Å². The minimum atomic E-state index is -0.284. The number of aryl methyl sites for hydroxylation is 1. The van der Waals surface area contributed by atoms with E-state index in [0.717, 1.165) is 30.6 Å². The van der Waals surface area contributed by atoms with E-state index in [2.05, 4.69) is 34.3 Å². The Balaban J connectivity index is 1.28. The number of fused-ring (bicyclic) bond motifs is 1. The number of allylic oxidation sites excluding steroid dienone is 1. The van der Waals surface area contributed by atoms with Gasteiger partial charge in [0.25, 0.3) is 5.91 Å². The van der Waals surface area contributed by atoms with Crippen molar-refractivity contribution >= 4 is 17.2 Å². The Morgan fingerprint density at radius 1 is 1.03 bits per heavy atom. The third kappa shape index (κ3) is 4.74. The van der Waals surface area contributed by atoms with Crippen LogP contribution < -0.4 is 5.32 Å². The Bertz CT molecular complexity index is 1190. The van der Waals surface area contributed by atoms with Gasteiger partial charge in [-0.15, -0.1) is 0 Å². The lowest BCUT2D eigenvalue weighted by Crippen LogP contribution is -2.24. The summed E-state index contributed by atoms with van der Waals surface area (Å²) in [6.07, 6.45) is 6.28. The Kier molecular flexibility index (Phi) is 6.05. The molecule has 0 bridgehead atoms. The van der Waals surface area contributed by atoms with Gasteiger partial charge < -0.3 is 5.32 Å². The largest absolute Gasteiger partial charge is 0.322 e. The van der Waals surface area contributed by atoms with Gasteiger partial charge >= 0.3 is 0 Å². The number of aromatic nitrogens is 1. The van der Waals surface area contributed by atoms with Crippen LogP contribution in [0.25, 0.3) is 16.8 Å². The SMILES string of the molecule is CC1=C(CN2CCCC2)CCc2cc(NC(=O)c3ccc(-c4ccc(F)cc4)nc3)ccc21. The van der Waals surface area contributed by atoms with Crippen LogP contribution in [0.4, 0.5) is 10.1 Å². The van der Waals surface area contributed by atoms with Gasteiger partial charge in [0.2, 0.25) is 0 Å². The summed E-state index contributed by atoms with van der Waals surface area (Å²) in [7, 11) is 0. The van der Waals surface area contributed by atoms with Gasteiger partial charge in [-0.1, -0.05) is 11.6 Å². The smallest absolute Gasteiger partial charge is 0.257 e. The van der Waals surface area contributed by atoms with Crippen molar-refractivity contribution in [2.75, 3.05) is 25.0 Å². The minimum absolute atomic E-state index is 0.189. The van der Waals surface area contributed by atoms with Crippen LogP contribution in [0.3, 0.4) is 0 Å². The summed E-state index contributed by atoms with van der Waals surface area (Å²) in [5.41, 5.74) is 8.34. The molecular weight excluding hydrogens is 413 g/mol. The molecule has 0 atom stereocenters. The number of nitrogens with one attached hydrogen (secondary N) is 1. The molecule has 2 aliphatic rings. The number of likely N-dealkylation sites (tertiary alicyclic amines) is 1. The molecule has 5 heteroatoms. The molecule has 33 heavy (non-hydrogen) atoms. The molecule has 1 aliphatic heterocycles. The fourth-order valence-corrected chi connectivity index (χ4v) is 4.84. The fourth-order valence-electron chi connectivity index (χ4n) is 4.84. The number of anilines is 1. The van der Waals surface area contributed by atoms with E-state index < -0.39 is 0 Å². The molecule has 1 amide bonds. The zero-order chi connectivity index (χ0) is 22.8. The summed E-state index contributed by atoms with van der Waals surface area (Å²) in [5.74, 6) is -0.473. The lowest BCUT2D eigenvalue weighted by molar-refractivity contribution is 0.102. The first-order valence-electron chi connectivity index (χ1n) is 11.6. The summed E-state index contributed by atoms with van der Waals surface area (Å²) >= 11 is 0. The molecular formula is C28H28FN3O. The van der Waals surface area contributed by atoms with Crippen molar-refractivity contribution in [1.82, 2.24) is 9.88 Å². The van der Waals surface area contributed by atoms with Crippen molar-refractivity contribution in [3.8, 4) is 11.3 Å². The van der Waals surface area contributed by atoms with E-state index in [9.17, 15) is 9.18 Å². The maximum absolute atomic E-state index is 13.1. The molecule has 2 aromatic carbocycles. The van der Waals surface area contributed by atoms with Crippen LogP contribution in [-0.2, 0) is 6.42 Å². The molecule has 1 aliphatic carbocycles. The number of hydrogen-bond acceptors (Lipinski definition) is 3. The highest BCUT2D eigenvalue weighted by Gasteiger charge is 2.20. The van der Waals surface area contributed by atoms with Crippen LogP contribution in [0.5, 0.6) is 0 Å². The van der Waals surface area contributed by atoms with Crippen molar-refractivity contribution < 1.29 is 9.18 Å². The third-order valence-corrected chi connectivity index (χ3v) is 6.77. The molecule has 0 spiro atoms. The monoisotopic (exact) mass is 441 g/mol. The maximum atomic E-state index is 13.1. The van der Waals surface area contributed by atoms with Crippen LogP contribution in [0, 0.1) is 5.82 Å². The molecule has 1 saturated heterocycles. The molecule has 0 unspecified atom stereocenters. The number of pyridine rings is 1. The molecule has 1 N–H and O–H groups in total. The van der Waals surface area contributed by atoms with Gasteiger partial charge in [-0.3, -0.25) is 14.7 Å². The summed E-state index contributed by atoms with van der Waals surface area (Å²) < 4.78 is 13.1. The van der Waals surface area contributed by atoms with E-state index >= 15 is 0 Å². The summed E-state index contributed by atoms with van der Waals surface area (Å²) in [6.45, 7) is 5.75. The standard InChI is InChI=1S/C28H28FN3O/c1-19-23(18-32-14-2-3-15-32)5-4-21-16-25(11-12-26(19)21)31-28(33)22-8-13-27(30-17-22)20-6-9-24(29)10-7-20/h6-13,16-17H,2-5,14-15,18H2,1H3,(H,31,33). The molecule has 168 valence electrons. The van der Waals surface area contributed by atoms with Crippen LogP contribution in [0.15, 0.2) is 66.4 Å². The highest BCUT2D eigenvalue weighted by molar-refractivity contribution is 6.04. The normalized spacial score (nSPS) is 16.1. The number of carbonyl (C=O) groups excluding carboxylic acids is 1. The van der Waals surface area contributed by atoms with Gasteiger partial charge in [0.1, 0.15) is 5.82 Å². The zero-order valence-corrected chi connectivity index (χ0v) is 18.9. The quantitative estimate of drug-likeness (QED) is 0.532. The fraction of sp³-hybridized carbons (Fsp3) is 0.286. The number of halogens is 1. The van der Waals surface area contributed by atoms with Gasteiger partial charge in [0, 0.05) is 24.0 Å². The number of benzene rings is 2. The van der Waals surface area contributed by atoms with Crippen LogP contribution in [-0.4, -0.2) is 35.4 Å². The van der Waals surface area contributed by atoms with Crippen molar-refractivity contribution in [2.45, 2.75) is 32.6 Å². The van der Waals surface area contributed by atoms with Gasteiger partial charge in [-0.25, -0.2) is 4.39 Å². The highest BCUT2D eigenvalue weighted by Crippen LogP contribution is 2.33. The Hall–Kier alpha value is -3.31. The van der Waals surface area contributed by atoms with Crippen LogP contribution >= 0.6 is 0 Å². The molecule has 2 heterocycles. The van der Waals surface area contributed by atoms with Gasteiger partial charge in [0.05, 0.1) is 11.3 Å². The molecule has 0 radical (unpaired) electrons. The molecule has 0 saturated carbocycles. The van der Waals surface area contributed by atoms with Crippen molar-refractivity contribution in [2.24, 2.45) is 0 Å². The van der Waals surface area contributed by atoms with E-state index in [1.54, 1.807) is 36.0 Å². The zero-order valence-electron chi connectivity index (χ0n) is 18.9. The lowest BCUT2D eigenvalue weighted by Gasteiger charge is -2.25. The number of amides is 1. The maximum Gasteiger partial charge on any atom is 0.257 e. The first kappa shape index (κ1) is 21.5. The second kappa shape index (κ2) is 9.28. The number of carbonyl (C=O) groups is 1. The van der Waals surface area contributed by atoms with E-state index in [1.165, 1.54) is 54.8 Å². The third-order valence-electron chi connectivity index (χ3n) is 6.77. The molecule has 1 aromatic heterocycles. The Morgan fingerprint density at radius 2 is 1.82 bits per heavy atom. The second-order valence-corrected chi connectivity index (χ2v) is 8.98. The van der Waals surface area contributed by atoms with E-state index in [1.807, 2.05) is 6.07 Å². The summed E-state index contributed by atoms with van der Waals surface area (Å²) in [4.78, 5) is 19.7. The first-order chi connectivity index (χ1) is 16.1. The van der Waals surface area contributed by atoms with Crippen molar-refractivity contribution in [1.29, 1.82) is 0 Å². The Labute approximate surface area is 194 Å². The van der Waals surface area contributed by atoms with Crippen molar-refractivity contribution in [3.05, 3.63) is 88.9 Å². The van der Waals surface area contributed by atoms with Gasteiger partial charge in [-0.05, 0) is 111 Å². The van der Waals surface area contributed by atoms with Gasteiger partial charge in [0.15, 0.2) is 0 Å². The lowest BCUT2D eigenvalue weighted by atomic mass is 9.86. The van der Waals surface area contributed by atoms with Crippen LogP contribution in [0.1, 0.15) is 47.7 Å². The van der Waals surface area contributed by atoms with Crippen molar-refractivity contribution in [3.63, 3.8) is 0 Å². The first-order valence-corrected chi connectivity index (χ1v) is 11.6. The predicted molar refractivity (Wildman–Crippen MR) is 131 cm³/mol. The van der Waals surface area contributed by atoms with Crippen LogP contribution in [0.2, 0.25) is 0 Å². The minimum Gasteiger partial charge on any atom is -0.322 e. The number of nitrogens with zero attached hydrogens (tertiary/aromatic N) is 2. The number of rotatable bonds is 5. The van der Waals surface area contributed by atoms with E-state index in [-0.39, 0.29) is 11.7 Å². The molecule has 3 aromatic rings. The molecule has 5 rings (SSSR count). The average Bonchev–Trinajstić information content (AvgIpc) is 3.35. The highest BCUT2D eigenvalue weighted by atomic mass is 19.1. The average molecular weight is 442 g/mol. The van der Waals surface area contributed by atoms with E-state index in [4.69, 9.17) is 0 Å². The second-order valence-electron chi connectivity index (χ2n) is 8.98. The summed E-state index contributed by atoms with van der Waals surface area (Å²) in [5, 5.41) is 3.01. The molecule has 1 fully saturated rings.